The molecule has 21 heavy (non-hydrogen) atoms. The first-order chi connectivity index (χ1) is 9.79. The Hall–Kier alpha value is -1.08. The van der Waals surface area contributed by atoms with Gasteiger partial charge in [0.05, 0.1) is 11.9 Å². The van der Waals surface area contributed by atoms with E-state index in [1.165, 1.54) is 4.31 Å². The van der Waals surface area contributed by atoms with Gasteiger partial charge in [0.25, 0.3) is 0 Å². The van der Waals surface area contributed by atoms with Gasteiger partial charge in [-0.2, -0.15) is 0 Å². The maximum absolute atomic E-state index is 12.0. The van der Waals surface area contributed by atoms with E-state index in [9.17, 15) is 13.2 Å². The number of carbonyl (C=O) groups is 1. The van der Waals surface area contributed by atoms with Crippen molar-refractivity contribution in [2.75, 3.05) is 30.2 Å². The van der Waals surface area contributed by atoms with Gasteiger partial charge in [-0.1, -0.05) is 22.0 Å². The normalized spacial score (nSPS) is 11.2. The number of carbonyl (C=O) groups excluding carboxylic acids is 1. The predicted molar refractivity (Wildman–Crippen MR) is 88.9 cm³/mol. The Morgan fingerprint density at radius 3 is 2.33 bits per heavy atom. The molecule has 1 amide bonds. The molecule has 1 rings (SSSR count). The SMILES string of the molecule is CCN(CC)C(=O)CCN(c1cccc(Br)c1)S(C)(=O)=O. The van der Waals surface area contributed by atoms with Crippen LogP contribution in [0.1, 0.15) is 20.3 Å². The minimum atomic E-state index is -3.43. The lowest BCUT2D eigenvalue weighted by molar-refractivity contribution is -0.130. The minimum absolute atomic E-state index is 0.0383. The van der Waals surface area contributed by atoms with Crippen LogP contribution in [-0.4, -0.2) is 45.1 Å². The summed E-state index contributed by atoms with van der Waals surface area (Å²) in [5.41, 5.74) is 0.555. The average Bonchev–Trinajstić information content (AvgIpc) is 2.39. The first-order valence-electron chi connectivity index (χ1n) is 6.80. The lowest BCUT2D eigenvalue weighted by atomic mass is 10.3. The van der Waals surface area contributed by atoms with Crippen molar-refractivity contribution in [2.24, 2.45) is 0 Å². The van der Waals surface area contributed by atoms with Gasteiger partial charge in [-0.3, -0.25) is 9.10 Å². The fraction of sp³-hybridized carbons (Fsp3) is 0.500. The number of halogens is 1. The largest absolute Gasteiger partial charge is 0.343 e. The minimum Gasteiger partial charge on any atom is -0.343 e. The molecule has 0 aliphatic heterocycles. The molecule has 1 aromatic rings. The topological polar surface area (TPSA) is 57.7 Å². The lowest BCUT2D eigenvalue weighted by Crippen LogP contribution is -2.36. The molecule has 0 bridgehead atoms. The summed E-state index contributed by atoms with van der Waals surface area (Å²) in [5, 5.41) is 0. The Kier molecular flexibility index (Phi) is 6.67. The van der Waals surface area contributed by atoms with E-state index in [1.807, 2.05) is 19.9 Å². The molecule has 1 aromatic carbocycles. The third-order valence-electron chi connectivity index (χ3n) is 3.14. The standard InChI is InChI=1S/C14H21BrN2O3S/c1-4-16(5-2)14(18)9-10-17(21(3,19)20)13-8-6-7-12(15)11-13/h6-8,11H,4-5,9-10H2,1-3H3. The molecule has 0 spiro atoms. The fourth-order valence-electron chi connectivity index (χ4n) is 2.05. The highest BCUT2D eigenvalue weighted by Gasteiger charge is 2.20. The predicted octanol–water partition coefficient (Wildman–Crippen LogP) is 2.47. The molecule has 0 aliphatic rings. The van der Waals surface area contributed by atoms with Crippen LogP contribution in [0.2, 0.25) is 0 Å². The number of amides is 1. The van der Waals surface area contributed by atoms with E-state index in [4.69, 9.17) is 0 Å². The van der Waals surface area contributed by atoms with Gasteiger partial charge < -0.3 is 4.90 Å². The third-order valence-corrected chi connectivity index (χ3v) is 4.83. The molecular weight excluding hydrogens is 356 g/mol. The van der Waals surface area contributed by atoms with Crippen LogP contribution in [0.25, 0.3) is 0 Å². The van der Waals surface area contributed by atoms with Crippen molar-refractivity contribution in [3.63, 3.8) is 0 Å². The van der Waals surface area contributed by atoms with Gasteiger partial charge in [-0.15, -0.1) is 0 Å². The highest BCUT2D eigenvalue weighted by atomic mass is 79.9. The van der Waals surface area contributed by atoms with Crippen LogP contribution < -0.4 is 4.31 Å². The molecular formula is C14H21BrN2O3S. The Morgan fingerprint density at radius 1 is 1.24 bits per heavy atom. The van der Waals surface area contributed by atoms with E-state index >= 15 is 0 Å². The smallest absolute Gasteiger partial charge is 0.232 e. The van der Waals surface area contributed by atoms with Crippen molar-refractivity contribution in [1.82, 2.24) is 4.90 Å². The molecule has 0 unspecified atom stereocenters. The van der Waals surface area contributed by atoms with Crippen molar-refractivity contribution < 1.29 is 13.2 Å². The van der Waals surface area contributed by atoms with Crippen molar-refractivity contribution >= 4 is 37.5 Å². The van der Waals surface area contributed by atoms with Crippen LogP contribution in [0.15, 0.2) is 28.7 Å². The Balaban J connectivity index is 2.89. The van der Waals surface area contributed by atoms with Gasteiger partial charge in [-0.25, -0.2) is 8.42 Å². The number of rotatable bonds is 7. The second kappa shape index (κ2) is 7.79. The van der Waals surface area contributed by atoms with Crippen LogP contribution >= 0.6 is 15.9 Å². The molecule has 5 nitrogen and oxygen atoms in total. The zero-order chi connectivity index (χ0) is 16.0. The summed E-state index contributed by atoms with van der Waals surface area (Å²) in [6.07, 6.45) is 1.32. The zero-order valence-corrected chi connectivity index (χ0v) is 14.9. The van der Waals surface area contributed by atoms with E-state index in [0.717, 1.165) is 10.7 Å². The number of benzene rings is 1. The molecule has 0 saturated carbocycles. The maximum atomic E-state index is 12.0. The first kappa shape index (κ1) is 18.0. The van der Waals surface area contributed by atoms with Gasteiger partial charge in [0.15, 0.2) is 0 Å². The molecule has 7 heteroatoms. The van der Waals surface area contributed by atoms with Crippen LogP contribution in [-0.2, 0) is 14.8 Å². The molecule has 118 valence electrons. The summed E-state index contributed by atoms with van der Waals surface area (Å²) in [4.78, 5) is 13.7. The van der Waals surface area contributed by atoms with E-state index in [0.29, 0.717) is 18.8 Å². The highest BCUT2D eigenvalue weighted by Crippen LogP contribution is 2.22. The van der Waals surface area contributed by atoms with Gasteiger partial charge in [0.2, 0.25) is 15.9 Å². The third kappa shape index (κ3) is 5.32. The summed E-state index contributed by atoms with van der Waals surface area (Å²) >= 11 is 3.33. The van der Waals surface area contributed by atoms with Crippen LogP contribution in [0.5, 0.6) is 0 Å². The van der Waals surface area contributed by atoms with Gasteiger partial charge >= 0.3 is 0 Å². The van der Waals surface area contributed by atoms with Crippen LogP contribution in [0, 0.1) is 0 Å². The Morgan fingerprint density at radius 2 is 1.86 bits per heavy atom. The summed E-state index contributed by atoms with van der Waals surface area (Å²) in [7, 11) is -3.43. The second-order valence-electron chi connectivity index (χ2n) is 4.63. The van der Waals surface area contributed by atoms with Crippen molar-refractivity contribution in [3.05, 3.63) is 28.7 Å². The lowest BCUT2D eigenvalue weighted by Gasteiger charge is -2.24. The molecule has 0 radical (unpaired) electrons. The van der Waals surface area contributed by atoms with Gasteiger partial charge in [0.1, 0.15) is 0 Å². The Labute approximate surface area is 135 Å². The van der Waals surface area contributed by atoms with Crippen LogP contribution in [0.4, 0.5) is 5.69 Å². The number of hydrogen-bond donors (Lipinski definition) is 0. The molecule has 0 N–H and O–H groups in total. The summed E-state index contributed by atoms with van der Waals surface area (Å²) < 4.78 is 26.0. The molecule has 0 fully saturated rings. The van der Waals surface area contributed by atoms with E-state index in [2.05, 4.69) is 15.9 Å². The van der Waals surface area contributed by atoms with Crippen molar-refractivity contribution in [1.29, 1.82) is 0 Å². The van der Waals surface area contributed by atoms with Crippen LogP contribution in [0.3, 0.4) is 0 Å². The maximum Gasteiger partial charge on any atom is 0.232 e. The van der Waals surface area contributed by atoms with E-state index in [-0.39, 0.29) is 18.9 Å². The van der Waals surface area contributed by atoms with Gasteiger partial charge in [0, 0.05) is 30.5 Å². The van der Waals surface area contributed by atoms with Crippen molar-refractivity contribution in [3.8, 4) is 0 Å². The number of hydrogen-bond acceptors (Lipinski definition) is 3. The van der Waals surface area contributed by atoms with E-state index in [1.54, 1.807) is 23.1 Å². The Bertz CT molecular complexity index is 586. The first-order valence-corrected chi connectivity index (χ1v) is 9.44. The number of anilines is 1. The summed E-state index contributed by atoms with van der Waals surface area (Å²) in [5.74, 6) is -0.0383. The fourth-order valence-corrected chi connectivity index (χ4v) is 3.36. The highest BCUT2D eigenvalue weighted by molar-refractivity contribution is 9.10. The van der Waals surface area contributed by atoms with Crippen molar-refractivity contribution in [2.45, 2.75) is 20.3 Å². The summed E-state index contributed by atoms with van der Waals surface area (Å²) in [6.45, 7) is 5.22. The monoisotopic (exact) mass is 376 g/mol. The molecule has 0 heterocycles. The number of sulfonamides is 1. The van der Waals surface area contributed by atoms with E-state index < -0.39 is 10.0 Å². The molecule has 0 aromatic heterocycles. The zero-order valence-electron chi connectivity index (χ0n) is 12.5. The molecule has 0 atom stereocenters. The van der Waals surface area contributed by atoms with Gasteiger partial charge in [-0.05, 0) is 32.0 Å². The molecule has 0 aliphatic carbocycles. The average molecular weight is 377 g/mol. The number of nitrogens with zero attached hydrogens (tertiary/aromatic N) is 2. The second-order valence-corrected chi connectivity index (χ2v) is 7.45. The quantitative estimate of drug-likeness (QED) is 0.734. The summed E-state index contributed by atoms with van der Waals surface area (Å²) in [6, 6.07) is 7.03. The molecule has 0 saturated heterocycles.